The Kier molecular flexibility index (Phi) is 8.52. The molecule has 0 amide bonds. The van der Waals surface area contributed by atoms with E-state index in [2.05, 4.69) is 39.3 Å². The standard InChI is InChI=1S/C22H31N4OP/c1-16(2)17(3)26(24)14-20(23)15-27-21-11-7-10-19(12-21)22(28)25-13-18-8-5-4-6-9-18/h4-12,14,16,22,25H,3,13,15,23-24,28H2,1-2H3/b20-14-. The van der Waals surface area contributed by atoms with Crippen molar-refractivity contribution in [2.24, 2.45) is 17.5 Å². The van der Waals surface area contributed by atoms with Gasteiger partial charge < -0.3 is 15.8 Å². The molecule has 2 unspecified atom stereocenters. The molecule has 0 spiro atoms. The zero-order valence-electron chi connectivity index (χ0n) is 16.6. The summed E-state index contributed by atoms with van der Waals surface area (Å²) < 4.78 is 5.82. The van der Waals surface area contributed by atoms with E-state index in [1.165, 1.54) is 10.6 Å². The zero-order valence-corrected chi connectivity index (χ0v) is 17.8. The maximum Gasteiger partial charge on any atom is 0.129 e. The molecule has 0 bridgehead atoms. The first-order chi connectivity index (χ1) is 13.4. The second kappa shape index (κ2) is 10.9. The van der Waals surface area contributed by atoms with Crippen molar-refractivity contribution >= 4 is 9.24 Å². The van der Waals surface area contributed by atoms with Crippen LogP contribution >= 0.6 is 9.24 Å². The summed E-state index contributed by atoms with van der Waals surface area (Å²) in [5.41, 5.74) is 9.71. The normalized spacial score (nSPS) is 12.7. The van der Waals surface area contributed by atoms with E-state index < -0.39 is 0 Å². The highest BCUT2D eigenvalue weighted by Crippen LogP contribution is 2.24. The Hall–Kier alpha value is -2.33. The number of hydrazine groups is 1. The molecule has 0 saturated heterocycles. The molecule has 0 aliphatic rings. The number of rotatable bonds is 10. The van der Waals surface area contributed by atoms with Gasteiger partial charge in [-0.1, -0.05) is 62.9 Å². The van der Waals surface area contributed by atoms with Gasteiger partial charge in [0.2, 0.25) is 0 Å². The fourth-order valence-corrected chi connectivity index (χ4v) is 2.83. The summed E-state index contributed by atoms with van der Waals surface area (Å²) in [6.45, 7) is 9.05. The van der Waals surface area contributed by atoms with Crippen LogP contribution in [0.25, 0.3) is 0 Å². The Morgan fingerprint density at radius 3 is 2.61 bits per heavy atom. The fourth-order valence-electron chi connectivity index (χ4n) is 2.50. The van der Waals surface area contributed by atoms with Crippen molar-refractivity contribution in [1.29, 1.82) is 0 Å². The maximum atomic E-state index is 6.03. The number of nitrogens with zero attached hydrogens (tertiary/aromatic N) is 1. The number of ether oxygens (including phenoxy) is 1. The van der Waals surface area contributed by atoms with Crippen molar-refractivity contribution in [3.63, 3.8) is 0 Å². The van der Waals surface area contributed by atoms with E-state index in [1.54, 1.807) is 6.20 Å². The van der Waals surface area contributed by atoms with Crippen molar-refractivity contribution in [2.45, 2.75) is 26.2 Å². The quantitative estimate of drug-likeness (QED) is 0.322. The van der Waals surface area contributed by atoms with Crippen molar-refractivity contribution < 1.29 is 4.74 Å². The van der Waals surface area contributed by atoms with Gasteiger partial charge in [0, 0.05) is 24.2 Å². The van der Waals surface area contributed by atoms with E-state index in [9.17, 15) is 0 Å². The smallest absolute Gasteiger partial charge is 0.129 e. The van der Waals surface area contributed by atoms with Gasteiger partial charge in [0.25, 0.3) is 0 Å². The lowest BCUT2D eigenvalue weighted by atomic mass is 10.1. The molecule has 2 rings (SSSR count). The molecule has 2 atom stereocenters. The van der Waals surface area contributed by atoms with Gasteiger partial charge in [-0.3, -0.25) is 5.01 Å². The lowest BCUT2D eigenvalue weighted by molar-refractivity contribution is 0.342. The van der Waals surface area contributed by atoms with Crippen molar-refractivity contribution in [2.75, 3.05) is 6.61 Å². The zero-order chi connectivity index (χ0) is 20.5. The van der Waals surface area contributed by atoms with Gasteiger partial charge in [-0.25, -0.2) is 5.84 Å². The van der Waals surface area contributed by atoms with Crippen LogP contribution < -0.4 is 21.6 Å². The summed E-state index contributed by atoms with van der Waals surface area (Å²) in [6.07, 6.45) is 1.64. The Bertz CT molecular complexity index is 792. The molecule has 0 aromatic heterocycles. The van der Waals surface area contributed by atoms with E-state index >= 15 is 0 Å². The minimum absolute atomic E-state index is 0.116. The average Bonchev–Trinajstić information content (AvgIpc) is 2.70. The van der Waals surface area contributed by atoms with Crippen LogP contribution in [-0.4, -0.2) is 11.6 Å². The first-order valence-electron chi connectivity index (χ1n) is 9.31. The Balaban J connectivity index is 1.90. The van der Waals surface area contributed by atoms with Crippen LogP contribution in [0.4, 0.5) is 0 Å². The van der Waals surface area contributed by atoms with Crippen LogP contribution in [0.15, 0.2) is 78.8 Å². The van der Waals surface area contributed by atoms with Gasteiger partial charge in [0.1, 0.15) is 12.4 Å². The van der Waals surface area contributed by atoms with Gasteiger partial charge in [-0.2, -0.15) is 0 Å². The molecule has 5 N–H and O–H groups in total. The molecule has 5 nitrogen and oxygen atoms in total. The predicted molar refractivity (Wildman–Crippen MR) is 120 cm³/mol. The molecule has 28 heavy (non-hydrogen) atoms. The SMILES string of the molecule is C=C(C(C)C)N(N)/C=C(\N)COc1cccc(C(P)NCc2ccccc2)c1. The molecule has 0 heterocycles. The topological polar surface area (TPSA) is 76.5 Å². The second-order valence-electron chi connectivity index (χ2n) is 6.96. The van der Waals surface area contributed by atoms with Crippen LogP contribution in [-0.2, 0) is 6.54 Å². The van der Waals surface area contributed by atoms with Crippen LogP contribution in [0.1, 0.15) is 30.8 Å². The summed E-state index contributed by atoms with van der Waals surface area (Å²) in [5.74, 6) is 7.06. The van der Waals surface area contributed by atoms with Crippen LogP contribution in [0.5, 0.6) is 5.75 Å². The monoisotopic (exact) mass is 398 g/mol. The molecule has 150 valence electrons. The number of nitrogens with one attached hydrogen (secondary N) is 1. The van der Waals surface area contributed by atoms with Crippen LogP contribution in [0.3, 0.4) is 0 Å². The summed E-state index contributed by atoms with van der Waals surface area (Å²) in [6, 6.07) is 18.3. The molecule has 0 radical (unpaired) electrons. The molecular formula is C22H31N4OP. The molecule has 0 aliphatic heterocycles. The molecule has 2 aromatic rings. The van der Waals surface area contributed by atoms with Crippen LogP contribution in [0, 0.1) is 5.92 Å². The molecule has 0 aliphatic carbocycles. The lowest BCUT2D eigenvalue weighted by Crippen LogP contribution is -2.28. The third kappa shape index (κ3) is 7.01. The number of allylic oxidation sites excluding steroid dienone is 1. The van der Waals surface area contributed by atoms with E-state index in [4.69, 9.17) is 16.3 Å². The second-order valence-corrected chi connectivity index (χ2v) is 7.63. The molecule has 0 saturated carbocycles. The van der Waals surface area contributed by atoms with Gasteiger partial charge in [0.15, 0.2) is 0 Å². The molecular weight excluding hydrogens is 367 g/mol. The van der Waals surface area contributed by atoms with Gasteiger partial charge in [-0.05, 0) is 29.2 Å². The van der Waals surface area contributed by atoms with E-state index in [0.717, 1.165) is 23.6 Å². The van der Waals surface area contributed by atoms with Gasteiger partial charge >= 0.3 is 0 Å². The molecule has 2 aromatic carbocycles. The third-order valence-electron chi connectivity index (χ3n) is 4.29. The molecule has 6 heteroatoms. The fraction of sp³-hybridized carbons (Fsp3) is 0.273. The Labute approximate surface area is 170 Å². The number of nitrogens with two attached hydrogens (primary N) is 2. The lowest BCUT2D eigenvalue weighted by Gasteiger charge is -2.20. The first kappa shape index (κ1) is 22.0. The summed E-state index contributed by atoms with van der Waals surface area (Å²) in [5, 5.41) is 4.95. The van der Waals surface area contributed by atoms with Crippen LogP contribution in [0.2, 0.25) is 0 Å². The maximum absolute atomic E-state index is 6.03. The predicted octanol–water partition coefficient (Wildman–Crippen LogP) is 3.87. The highest BCUT2D eigenvalue weighted by atomic mass is 31.0. The Morgan fingerprint density at radius 1 is 1.21 bits per heavy atom. The van der Waals surface area contributed by atoms with E-state index in [1.807, 2.05) is 50.2 Å². The van der Waals surface area contributed by atoms with E-state index in [-0.39, 0.29) is 18.3 Å². The summed E-state index contributed by atoms with van der Waals surface area (Å²) >= 11 is 0. The van der Waals surface area contributed by atoms with E-state index in [0.29, 0.717) is 5.70 Å². The molecule has 0 fully saturated rings. The highest BCUT2D eigenvalue weighted by molar-refractivity contribution is 7.17. The summed E-state index contributed by atoms with van der Waals surface area (Å²) in [7, 11) is 2.83. The van der Waals surface area contributed by atoms with Crippen molar-refractivity contribution in [3.05, 3.63) is 89.9 Å². The minimum atomic E-state index is 0.116. The minimum Gasteiger partial charge on any atom is -0.487 e. The van der Waals surface area contributed by atoms with Gasteiger partial charge in [-0.15, -0.1) is 9.24 Å². The summed E-state index contributed by atoms with van der Waals surface area (Å²) in [4.78, 5) is 0. The number of hydrogen-bond acceptors (Lipinski definition) is 5. The number of benzene rings is 2. The Morgan fingerprint density at radius 2 is 1.93 bits per heavy atom. The number of hydrogen-bond donors (Lipinski definition) is 3. The first-order valence-corrected chi connectivity index (χ1v) is 9.98. The van der Waals surface area contributed by atoms with Crippen molar-refractivity contribution in [1.82, 2.24) is 10.3 Å². The van der Waals surface area contributed by atoms with Crippen molar-refractivity contribution in [3.8, 4) is 5.75 Å². The third-order valence-corrected chi connectivity index (χ3v) is 4.92. The largest absolute Gasteiger partial charge is 0.487 e. The average molecular weight is 398 g/mol. The van der Waals surface area contributed by atoms with Gasteiger partial charge in [0.05, 0.1) is 5.70 Å². The highest BCUT2D eigenvalue weighted by Gasteiger charge is 2.08.